The van der Waals surface area contributed by atoms with Crippen molar-refractivity contribution in [2.24, 2.45) is 0 Å². The van der Waals surface area contributed by atoms with Crippen LogP contribution in [0.4, 0.5) is 0 Å². The number of benzene rings is 1. The quantitative estimate of drug-likeness (QED) is 0.603. The fourth-order valence-electron chi connectivity index (χ4n) is 1.77. The molecule has 0 saturated carbocycles. The third-order valence-electron chi connectivity index (χ3n) is 2.81. The van der Waals surface area contributed by atoms with E-state index in [0.717, 1.165) is 26.2 Å². The number of halogens is 1. The van der Waals surface area contributed by atoms with E-state index in [4.69, 9.17) is 0 Å². The predicted octanol–water partition coefficient (Wildman–Crippen LogP) is 3.03. The average molecular weight is 346 g/mol. The van der Waals surface area contributed by atoms with Crippen molar-refractivity contribution in [2.75, 3.05) is 26.7 Å². The third kappa shape index (κ3) is 5.36. The van der Waals surface area contributed by atoms with Gasteiger partial charge in [0.2, 0.25) is 0 Å². The number of likely N-dealkylation sites (N-methyl/N-ethyl adjacent to an activating group) is 1. The molecule has 1 rings (SSSR count). The number of hydrogen-bond donors (Lipinski definition) is 1. The van der Waals surface area contributed by atoms with Gasteiger partial charge >= 0.3 is 0 Å². The van der Waals surface area contributed by atoms with Crippen LogP contribution in [0.5, 0.6) is 0 Å². The van der Waals surface area contributed by atoms with Gasteiger partial charge in [0.25, 0.3) is 0 Å². The molecule has 2 nitrogen and oxygen atoms in total. The Bertz CT molecular complexity index is 339. The summed E-state index contributed by atoms with van der Waals surface area (Å²) in [5.41, 5.74) is 2.81. The summed E-state index contributed by atoms with van der Waals surface area (Å²) in [5.74, 6) is 0. The number of rotatable bonds is 7. The summed E-state index contributed by atoms with van der Waals surface area (Å²) in [5, 5.41) is 3.43. The van der Waals surface area contributed by atoms with Crippen LogP contribution in [0.25, 0.3) is 0 Å². The first-order valence-electron chi connectivity index (χ1n) is 6.28. The van der Waals surface area contributed by atoms with E-state index in [9.17, 15) is 0 Å². The van der Waals surface area contributed by atoms with Crippen molar-refractivity contribution in [2.45, 2.75) is 26.8 Å². The zero-order valence-corrected chi connectivity index (χ0v) is 13.3. The number of nitrogens with zero attached hydrogens (tertiary/aromatic N) is 1. The minimum atomic E-state index is 1.04. The van der Waals surface area contributed by atoms with Gasteiger partial charge in [-0.2, -0.15) is 0 Å². The zero-order chi connectivity index (χ0) is 12.7. The fourth-order valence-corrected chi connectivity index (χ4v) is 2.30. The second-order valence-corrected chi connectivity index (χ2v) is 5.61. The summed E-state index contributed by atoms with van der Waals surface area (Å²) in [7, 11) is 2.19. The first-order chi connectivity index (χ1) is 8.15. The Morgan fingerprint density at radius 1 is 1.29 bits per heavy atom. The Morgan fingerprint density at radius 2 is 2.06 bits per heavy atom. The van der Waals surface area contributed by atoms with Gasteiger partial charge in [-0.25, -0.2) is 0 Å². The molecule has 0 atom stereocenters. The summed E-state index contributed by atoms with van der Waals surface area (Å²) in [6.45, 7) is 8.71. The topological polar surface area (TPSA) is 15.3 Å². The van der Waals surface area contributed by atoms with Crippen LogP contribution < -0.4 is 5.32 Å². The largest absolute Gasteiger partial charge is 0.315 e. The third-order valence-corrected chi connectivity index (χ3v) is 4.35. The van der Waals surface area contributed by atoms with Gasteiger partial charge in [-0.05, 0) is 60.7 Å². The minimum absolute atomic E-state index is 1.04. The highest BCUT2D eigenvalue weighted by Gasteiger charge is 2.05. The fraction of sp³-hybridized carbons (Fsp3) is 0.571. The van der Waals surface area contributed by atoms with Crippen LogP contribution in [0.3, 0.4) is 0 Å². The first-order valence-corrected chi connectivity index (χ1v) is 7.36. The predicted molar refractivity (Wildman–Crippen MR) is 83.4 cm³/mol. The van der Waals surface area contributed by atoms with E-state index < -0.39 is 0 Å². The lowest BCUT2D eigenvalue weighted by molar-refractivity contribution is 0.324. The molecule has 0 heterocycles. The molecule has 1 aromatic rings. The summed E-state index contributed by atoms with van der Waals surface area (Å²) < 4.78 is 1.40. The monoisotopic (exact) mass is 346 g/mol. The smallest absolute Gasteiger partial charge is 0.0241 e. The van der Waals surface area contributed by atoms with Crippen LogP contribution in [0.2, 0.25) is 0 Å². The van der Waals surface area contributed by atoms with Gasteiger partial charge in [0.1, 0.15) is 0 Å². The number of hydrogen-bond acceptors (Lipinski definition) is 2. The van der Waals surface area contributed by atoms with Gasteiger partial charge in [0.15, 0.2) is 0 Å². The van der Waals surface area contributed by atoms with Crippen molar-refractivity contribution in [1.82, 2.24) is 10.2 Å². The van der Waals surface area contributed by atoms with E-state index in [-0.39, 0.29) is 0 Å². The Hall–Kier alpha value is -0.130. The van der Waals surface area contributed by atoms with E-state index in [1.165, 1.54) is 21.1 Å². The lowest BCUT2D eigenvalue weighted by atomic mass is 10.1. The Morgan fingerprint density at radius 3 is 2.76 bits per heavy atom. The molecule has 96 valence electrons. The maximum absolute atomic E-state index is 3.43. The molecule has 0 unspecified atom stereocenters. The normalized spacial score (nSPS) is 11.1. The second-order valence-electron chi connectivity index (χ2n) is 4.54. The van der Waals surface area contributed by atoms with Crippen LogP contribution in [0, 0.1) is 10.5 Å². The summed E-state index contributed by atoms with van der Waals surface area (Å²) in [6, 6.07) is 6.55. The van der Waals surface area contributed by atoms with Gasteiger partial charge in [0, 0.05) is 23.2 Å². The molecule has 0 bridgehead atoms. The summed E-state index contributed by atoms with van der Waals surface area (Å²) in [4.78, 5) is 2.37. The van der Waals surface area contributed by atoms with Gasteiger partial charge in [0.05, 0.1) is 0 Å². The molecule has 0 aliphatic heterocycles. The van der Waals surface area contributed by atoms with Crippen molar-refractivity contribution in [1.29, 1.82) is 0 Å². The molecule has 3 heteroatoms. The first kappa shape index (κ1) is 14.9. The van der Waals surface area contributed by atoms with Crippen molar-refractivity contribution >= 4 is 22.6 Å². The molecule has 0 aliphatic rings. The van der Waals surface area contributed by atoms with Crippen LogP contribution in [0.1, 0.15) is 24.5 Å². The molecule has 1 aromatic carbocycles. The standard InChI is InChI=1S/C14H23IN2/c1-4-8-16-9-10-17(3)11-13-7-5-6-12(2)14(13)15/h5-7,16H,4,8-11H2,1-3H3. The maximum atomic E-state index is 3.43. The lowest BCUT2D eigenvalue weighted by Gasteiger charge is -2.18. The second kappa shape index (κ2) is 8.06. The Labute approximate surface area is 119 Å². The molecule has 0 aromatic heterocycles. The van der Waals surface area contributed by atoms with E-state index in [0.29, 0.717) is 0 Å². The zero-order valence-electron chi connectivity index (χ0n) is 11.1. The van der Waals surface area contributed by atoms with E-state index >= 15 is 0 Å². The highest BCUT2D eigenvalue weighted by Crippen LogP contribution is 2.17. The molecular formula is C14H23IN2. The SMILES string of the molecule is CCCNCCN(C)Cc1cccc(C)c1I. The molecule has 0 fully saturated rings. The summed E-state index contributed by atoms with van der Waals surface area (Å²) >= 11 is 2.45. The van der Waals surface area contributed by atoms with Crippen LogP contribution in [-0.4, -0.2) is 31.6 Å². The molecule has 0 aliphatic carbocycles. The van der Waals surface area contributed by atoms with Gasteiger partial charge < -0.3 is 10.2 Å². The van der Waals surface area contributed by atoms with Crippen LogP contribution in [-0.2, 0) is 6.54 Å². The minimum Gasteiger partial charge on any atom is -0.315 e. The van der Waals surface area contributed by atoms with Crippen molar-refractivity contribution < 1.29 is 0 Å². The van der Waals surface area contributed by atoms with Gasteiger partial charge in [-0.1, -0.05) is 25.1 Å². The van der Waals surface area contributed by atoms with E-state index in [2.05, 4.69) is 71.9 Å². The van der Waals surface area contributed by atoms with Crippen molar-refractivity contribution in [3.8, 4) is 0 Å². The van der Waals surface area contributed by atoms with Crippen molar-refractivity contribution in [3.63, 3.8) is 0 Å². The molecule has 1 N–H and O–H groups in total. The molecule has 0 amide bonds. The Balaban J connectivity index is 2.39. The maximum Gasteiger partial charge on any atom is 0.0241 e. The number of aryl methyl sites for hydroxylation is 1. The molecule has 17 heavy (non-hydrogen) atoms. The molecule has 0 saturated heterocycles. The highest BCUT2D eigenvalue weighted by atomic mass is 127. The Kier molecular flexibility index (Phi) is 7.08. The van der Waals surface area contributed by atoms with E-state index in [1.54, 1.807) is 0 Å². The van der Waals surface area contributed by atoms with Gasteiger partial charge in [-0.15, -0.1) is 0 Å². The van der Waals surface area contributed by atoms with Crippen molar-refractivity contribution in [3.05, 3.63) is 32.9 Å². The van der Waals surface area contributed by atoms with Gasteiger partial charge in [-0.3, -0.25) is 0 Å². The highest BCUT2D eigenvalue weighted by molar-refractivity contribution is 14.1. The van der Waals surface area contributed by atoms with Crippen LogP contribution >= 0.6 is 22.6 Å². The lowest BCUT2D eigenvalue weighted by Crippen LogP contribution is -2.29. The number of nitrogens with one attached hydrogen (secondary N) is 1. The average Bonchev–Trinajstić information content (AvgIpc) is 2.31. The van der Waals surface area contributed by atoms with Crippen LogP contribution in [0.15, 0.2) is 18.2 Å². The molecular weight excluding hydrogens is 323 g/mol. The van der Waals surface area contributed by atoms with E-state index in [1.807, 2.05) is 0 Å². The molecule has 0 spiro atoms. The summed E-state index contributed by atoms with van der Waals surface area (Å²) in [6.07, 6.45) is 1.21. The molecule has 0 radical (unpaired) electrons.